The first kappa shape index (κ1) is 18.1. The Morgan fingerprint density at radius 1 is 1.28 bits per heavy atom. The van der Waals surface area contributed by atoms with E-state index in [-0.39, 0.29) is 18.6 Å². The van der Waals surface area contributed by atoms with Crippen LogP contribution in [0.1, 0.15) is 50.8 Å². The number of hydrogen-bond acceptors (Lipinski definition) is 6. The third kappa shape index (κ3) is 4.48. The van der Waals surface area contributed by atoms with Crippen molar-refractivity contribution in [2.24, 2.45) is 5.92 Å². The summed E-state index contributed by atoms with van der Waals surface area (Å²) in [6.07, 6.45) is 5.93. The highest BCUT2D eigenvalue weighted by Gasteiger charge is 2.25. The lowest BCUT2D eigenvalue weighted by molar-refractivity contribution is 0.309. The van der Waals surface area contributed by atoms with E-state index in [1.807, 2.05) is 0 Å². The summed E-state index contributed by atoms with van der Waals surface area (Å²) in [6, 6.07) is 0. The monoisotopic (exact) mass is 368 g/mol. The van der Waals surface area contributed by atoms with Crippen molar-refractivity contribution in [1.82, 2.24) is 19.9 Å². The van der Waals surface area contributed by atoms with Crippen LogP contribution in [-0.2, 0) is 4.57 Å². The minimum absolute atomic E-state index is 0.1000. The molecule has 0 radical (unpaired) electrons. The Morgan fingerprint density at radius 3 is 2.68 bits per heavy atom. The van der Waals surface area contributed by atoms with E-state index in [9.17, 15) is 4.57 Å². The van der Waals surface area contributed by atoms with E-state index in [4.69, 9.17) is 15.5 Å². The number of hydrogen-bond donors (Lipinski definition) is 5. The smallest absolute Gasteiger partial charge is 0.327 e. The Balaban J connectivity index is 1.77. The quantitative estimate of drug-likeness (QED) is 0.487. The van der Waals surface area contributed by atoms with Gasteiger partial charge in [-0.3, -0.25) is 4.57 Å². The zero-order valence-corrected chi connectivity index (χ0v) is 15.2. The number of aromatic nitrogens is 4. The Morgan fingerprint density at radius 2 is 2.00 bits per heavy atom. The Hall–Kier alpha value is -1.70. The largest absolute Gasteiger partial charge is 0.382 e. The summed E-state index contributed by atoms with van der Waals surface area (Å²) in [5.41, 5.74) is 7.07. The van der Waals surface area contributed by atoms with Crippen molar-refractivity contribution in [3.63, 3.8) is 0 Å². The van der Waals surface area contributed by atoms with Gasteiger partial charge in [0.15, 0.2) is 17.0 Å². The molecular formula is C15H25N6O3P. The van der Waals surface area contributed by atoms with Crippen molar-refractivity contribution in [2.45, 2.75) is 44.9 Å². The molecule has 6 N–H and O–H groups in total. The molecule has 2 aromatic rings. The number of nitrogen functional groups attached to an aromatic ring is 1. The zero-order valence-electron chi connectivity index (χ0n) is 14.3. The molecule has 0 aromatic carbocycles. The molecule has 1 unspecified atom stereocenters. The molecule has 0 spiro atoms. The van der Waals surface area contributed by atoms with Gasteiger partial charge in [0.25, 0.3) is 0 Å². The Bertz CT molecular complexity index is 783. The van der Waals surface area contributed by atoms with Crippen LogP contribution < -0.4 is 11.1 Å². The van der Waals surface area contributed by atoms with Crippen molar-refractivity contribution >= 4 is 30.5 Å². The average molecular weight is 368 g/mol. The summed E-state index contributed by atoms with van der Waals surface area (Å²) < 4.78 is 10.9. The lowest BCUT2D eigenvalue weighted by Gasteiger charge is -2.26. The maximum Gasteiger partial charge on any atom is 0.327 e. The summed E-state index contributed by atoms with van der Waals surface area (Å²) in [5, 5.41) is 2.85. The van der Waals surface area contributed by atoms with Gasteiger partial charge in [-0.15, -0.1) is 0 Å². The molecule has 1 saturated carbocycles. The molecule has 25 heavy (non-hydrogen) atoms. The number of fused-ring (bicyclic) bond motifs is 1. The van der Waals surface area contributed by atoms with E-state index in [2.05, 4.69) is 32.2 Å². The SMILES string of the molecule is CC(c1nc(N)c2nc(NCCP(=O)(O)O)[nH]c2n1)C1CCCCC1. The molecule has 1 aliphatic carbocycles. The summed E-state index contributed by atoms with van der Waals surface area (Å²) in [7, 11) is -4.04. The minimum atomic E-state index is -4.04. The third-order valence-corrected chi connectivity index (χ3v) is 5.65. The van der Waals surface area contributed by atoms with Crippen LogP contribution in [0.4, 0.5) is 11.8 Å². The van der Waals surface area contributed by atoms with Gasteiger partial charge < -0.3 is 25.8 Å². The summed E-state index contributed by atoms with van der Waals surface area (Å²) in [4.78, 5) is 34.1. The number of rotatable bonds is 6. The molecule has 3 rings (SSSR count). The summed E-state index contributed by atoms with van der Waals surface area (Å²) in [6.45, 7) is 2.24. The molecule has 2 heterocycles. The first-order valence-corrected chi connectivity index (χ1v) is 10.4. The molecule has 10 heteroatoms. The van der Waals surface area contributed by atoms with Crippen LogP contribution in [0.5, 0.6) is 0 Å². The first-order chi connectivity index (χ1) is 11.8. The van der Waals surface area contributed by atoms with Crippen molar-refractivity contribution in [3.8, 4) is 0 Å². The van der Waals surface area contributed by atoms with Gasteiger partial charge in [0.1, 0.15) is 5.82 Å². The topological polar surface area (TPSA) is 150 Å². The highest BCUT2D eigenvalue weighted by atomic mass is 31.2. The van der Waals surface area contributed by atoms with E-state index >= 15 is 0 Å². The summed E-state index contributed by atoms with van der Waals surface area (Å²) >= 11 is 0. The number of nitrogens with zero attached hydrogens (tertiary/aromatic N) is 3. The zero-order chi connectivity index (χ0) is 18.0. The maximum absolute atomic E-state index is 10.9. The molecule has 1 atom stereocenters. The predicted octanol–water partition coefficient (Wildman–Crippen LogP) is 2.21. The second-order valence-corrected chi connectivity index (χ2v) is 8.53. The fourth-order valence-corrected chi connectivity index (χ4v) is 3.79. The van der Waals surface area contributed by atoms with E-state index < -0.39 is 7.60 Å². The number of nitrogens with one attached hydrogen (secondary N) is 2. The second-order valence-electron chi connectivity index (χ2n) is 6.75. The normalized spacial score (nSPS) is 17.7. The molecule has 1 aliphatic rings. The van der Waals surface area contributed by atoms with Gasteiger partial charge in [-0.1, -0.05) is 26.2 Å². The van der Waals surface area contributed by atoms with Gasteiger partial charge in [0.05, 0.1) is 6.16 Å². The number of aromatic amines is 1. The maximum atomic E-state index is 10.9. The Labute approximate surface area is 146 Å². The number of imidazole rings is 1. The van der Waals surface area contributed by atoms with Crippen molar-refractivity contribution in [2.75, 3.05) is 23.8 Å². The molecule has 1 fully saturated rings. The fraction of sp³-hybridized carbons (Fsp3) is 0.667. The van der Waals surface area contributed by atoms with Crippen LogP contribution in [0.15, 0.2) is 0 Å². The molecule has 0 bridgehead atoms. The van der Waals surface area contributed by atoms with Gasteiger partial charge in [-0.2, -0.15) is 0 Å². The van der Waals surface area contributed by atoms with Crippen molar-refractivity contribution < 1.29 is 14.4 Å². The number of anilines is 2. The van der Waals surface area contributed by atoms with Gasteiger partial charge in [0, 0.05) is 12.5 Å². The minimum Gasteiger partial charge on any atom is -0.382 e. The molecule has 2 aromatic heterocycles. The van der Waals surface area contributed by atoms with E-state index in [1.165, 1.54) is 32.1 Å². The Kier molecular flexibility index (Phi) is 5.27. The summed E-state index contributed by atoms with van der Waals surface area (Å²) in [5.74, 6) is 2.24. The van der Waals surface area contributed by atoms with Crippen molar-refractivity contribution in [3.05, 3.63) is 5.82 Å². The van der Waals surface area contributed by atoms with Gasteiger partial charge in [-0.25, -0.2) is 15.0 Å². The van der Waals surface area contributed by atoms with Crippen LogP contribution in [0.2, 0.25) is 0 Å². The van der Waals surface area contributed by atoms with E-state index in [0.717, 1.165) is 5.82 Å². The second kappa shape index (κ2) is 7.27. The van der Waals surface area contributed by atoms with Crippen LogP contribution in [0.25, 0.3) is 11.2 Å². The number of H-pyrrole nitrogens is 1. The molecule has 0 saturated heterocycles. The first-order valence-electron chi connectivity index (χ1n) is 8.65. The highest BCUT2D eigenvalue weighted by molar-refractivity contribution is 7.51. The lowest BCUT2D eigenvalue weighted by atomic mass is 9.80. The van der Waals surface area contributed by atoms with E-state index in [1.54, 1.807) is 0 Å². The van der Waals surface area contributed by atoms with Crippen LogP contribution in [-0.4, -0.2) is 42.4 Å². The molecule has 0 amide bonds. The van der Waals surface area contributed by atoms with Crippen LogP contribution >= 0.6 is 7.60 Å². The highest BCUT2D eigenvalue weighted by Crippen LogP contribution is 2.35. The van der Waals surface area contributed by atoms with Crippen LogP contribution in [0, 0.1) is 5.92 Å². The molecule has 0 aliphatic heterocycles. The molecule has 9 nitrogen and oxygen atoms in total. The van der Waals surface area contributed by atoms with Gasteiger partial charge >= 0.3 is 7.60 Å². The average Bonchev–Trinajstić information content (AvgIpc) is 2.97. The van der Waals surface area contributed by atoms with E-state index in [0.29, 0.717) is 28.8 Å². The lowest BCUT2D eigenvalue weighted by Crippen LogP contribution is -2.16. The van der Waals surface area contributed by atoms with Gasteiger partial charge in [-0.05, 0) is 18.8 Å². The number of nitrogens with two attached hydrogens (primary N) is 1. The van der Waals surface area contributed by atoms with Crippen LogP contribution in [0.3, 0.4) is 0 Å². The van der Waals surface area contributed by atoms with Crippen molar-refractivity contribution in [1.29, 1.82) is 0 Å². The standard InChI is InChI=1S/C15H25N6O3P/c1-9(10-5-3-2-4-6-10)13-19-12(16)11-14(20-13)21-15(18-11)17-7-8-25(22,23)24/h9-10H,2-8H2,1H3,(H2,22,23,24)(H4,16,17,18,19,20,21). The van der Waals surface area contributed by atoms with Gasteiger partial charge in [0.2, 0.25) is 5.95 Å². The third-order valence-electron chi connectivity index (χ3n) is 4.85. The predicted molar refractivity (Wildman–Crippen MR) is 96.5 cm³/mol. The molecular weight excluding hydrogens is 343 g/mol. The fourth-order valence-electron chi connectivity index (χ4n) is 3.39. The molecule has 138 valence electrons.